The van der Waals surface area contributed by atoms with Gasteiger partial charge in [0.1, 0.15) is 30.3 Å². The van der Waals surface area contributed by atoms with E-state index in [1.807, 2.05) is 20.8 Å². The Morgan fingerprint density at radius 3 is 2.49 bits per heavy atom. The van der Waals surface area contributed by atoms with Crippen LogP contribution in [0.5, 0.6) is 5.75 Å². The molecule has 1 fully saturated rings. The van der Waals surface area contributed by atoms with E-state index in [1.54, 1.807) is 26.8 Å². The van der Waals surface area contributed by atoms with Crippen LogP contribution in [0.3, 0.4) is 0 Å². The highest BCUT2D eigenvalue weighted by molar-refractivity contribution is 7.71. The maximum atomic E-state index is 16.2. The molecule has 2 aliphatic rings. The Labute approximate surface area is 232 Å². The first-order chi connectivity index (χ1) is 18.5. The van der Waals surface area contributed by atoms with Crippen molar-refractivity contribution in [1.82, 2.24) is 9.55 Å². The van der Waals surface area contributed by atoms with E-state index < -0.39 is 67.5 Å². The Bertz CT molecular complexity index is 1550. The minimum absolute atomic E-state index is 0.0663. The van der Waals surface area contributed by atoms with Crippen LogP contribution in [0.2, 0.25) is 0 Å². The molecule has 1 saturated heterocycles. The first kappa shape index (κ1) is 27.2. The van der Waals surface area contributed by atoms with E-state index in [1.165, 1.54) is 6.92 Å². The quantitative estimate of drug-likeness (QED) is 0.344. The average molecular weight is 593 g/mol. The van der Waals surface area contributed by atoms with Crippen molar-refractivity contribution < 1.29 is 44.6 Å². The van der Waals surface area contributed by atoms with E-state index >= 15 is 8.78 Å². The number of nitrogens with zero attached hydrogens (tertiary/aromatic N) is 1. The van der Waals surface area contributed by atoms with E-state index in [2.05, 4.69) is 4.98 Å². The number of H-pyrrole nitrogens is 1. The van der Waals surface area contributed by atoms with Crippen LogP contribution in [-0.2, 0) is 35.8 Å². The van der Waals surface area contributed by atoms with Gasteiger partial charge in [-0.1, -0.05) is 41.5 Å². The zero-order valence-electron chi connectivity index (χ0n) is 24.5. The molecule has 1 aromatic heterocycles. The first-order valence-electron chi connectivity index (χ1n) is 13.1. The summed E-state index contributed by atoms with van der Waals surface area (Å²) in [4.78, 5) is 14.1. The highest BCUT2D eigenvalue weighted by Crippen LogP contribution is 2.58. The summed E-state index contributed by atoms with van der Waals surface area (Å²) in [6, 6.07) is 1.57. The number of aromatic nitrogens is 2. The lowest BCUT2D eigenvalue weighted by Gasteiger charge is -2.34. The van der Waals surface area contributed by atoms with Crippen LogP contribution < -0.4 is 10.1 Å². The SMILES string of the molecule is [2H]C([2H])(OP1(=O)OCc2c(F)c(C(C)(C)C)cc(C(C)(C)C)c2O1)[C@@]1(F)O[C@@H](n2cc(C)c(=O)[nH]c2=S)[C@H](O)[C@@H]1O. The molecule has 0 spiro atoms. The number of aliphatic hydroxyl groups excluding tert-OH is 2. The summed E-state index contributed by atoms with van der Waals surface area (Å²) in [5, 5.41) is 21.1. The molecule has 3 N–H and O–H groups in total. The second kappa shape index (κ2) is 9.83. The molecule has 2 aliphatic heterocycles. The van der Waals surface area contributed by atoms with Crippen molar-refractivity contribution in [3.8, 4) is 5.75 Å². The molecule has 5 atom stereocenters. The Hall–Kier alpha value is -1.99. The number of benzene rings is 1. The second-order valence-electron chi connectivity index (χ2n) is 11.7. The standard InChI is InChI=1S/C25H33F2N2O8PS/c1-12-9-29(22(39)28-20(12)32)21-17(30)19(31)25(27,36-21)11-35-38(33)34-10-13-16(26)14(23(2,3)4)8-15(18(13)37-38)24(5,6)7/h8-9,17,19,21,30-31H,10-11H2,1-7H3,(H,28,32,39)/t17-,19+,21-,25-,38?/m1/s1/i11D2. The number of nitrogens with one attached hydrogen (secondary N) is 1. The van der Waals surface area contributed by atoms with Crippen LogP contribution in [-0.4, -0.2) is 44.4 Å². The van der Waals surface area contributed by atoms with Gasteiger partial charge in [-0.05, 0) is 41.6 Å². The predicted octanol–water partition coefficient (Wildman–Crippen LogP) is 4.60. The summed E-state index contributed by atoms with van der Waals surface area (Å²) in [5.41, 5.74) is -1.03. The largest absolute Gasteiger partial charge is 0.530 e. The fraction of sp³-hybridized carbons (Fsp3) is 0.600. The second-order valence-corrected chi connectivity index (χ2v) is 13.6. The molecule has 10 nitrogen and oxygen atoms in total. The van der Waals surface area contributed by atoms with Gasteiger partial charge in [0.05, 0.1) is 14.9 Å². The zero-order chi connectivity index (χ0) is 31.1. The Balaban J connectivity index is 1.71. The van der Waals surface area contributed by atoms with Gasteiger partial charge in [-0.2, -0.15) is 0 Å². The van der Waals surface area contributed by atoms with Gasteiger partial charge in [-0.3, -0.25) is 23.4 Å². The lowest BCUT2D eigenvalue weighted by atomic mass is 9.78. The molecule has 1 unspecified atom stereocenters. The first-order valence-corrected chi connectivity index (χ1v) is 14.0. The molecular formula is C25H33F2N2O8PS. The third-order valence-electron chi connectivity index (χ3n) is 6.50. The molecule has 2 aromatic rings. The van der Waals surface area contributed by atoms with Gasteiger partial charge in [0.2, 0.25) is 0 Å². The maximum absolute atomic E-state index is 16.2. The molecule has 0 saturated carbocycles. The fourth-order valence-corrected chi connectivity index (χ4v) is 5.60. The van der Waals surface area contributed by atoms with Gasteiger partial charge in [-0.25, -0.2) is 13.3 Å². The lowest BCUT2D eigenvalue weighted by molar-refractivity contribution is -0.205. The number of halogens is 2. The van der Waals surface area contributed by atoms with Gasteiger partial charge in [0.15, 0.2) is 11.0 Å². The molecule has 3 heterocycles. The van der Waals surface area contributed by atoms with Gasteiger partial charge < -0.3 is 19.5 Å². The third-order valence-corrected chi connectivity index (χ3v) is 7.98. The molecule has 1 aromatic carbocycles. The molecule has 0 aliphatic carbocycles. The van der Waals surface area contributed by atoms with Crippen LogP contribution in [0.4, 0.5) is 8.78 Å². The van der Waals surface area contributed by atoms with E-state index in [4.69, 9.17) is 33.3 Å². The van der Waals surface area contributed by atoms with Crippen molar-refractivity contribution in [2.24, 2.45) is 0 Å². The van der Waals surface area contributed by atoms with E-state index in [0.29, 0.717) is 11.1 Å². The van der Waals surface area contributed by atoms with Crippen molar-refractivity contribution in [1.29, 1.82) is 0 Å². The number of phosphoric ester groups is 1. The van der Waals surface area contributed by atoms with E-state index in [-0.39, 0.29) is 21.6 Å². The van der Waals surface area contributed by atoms with E-state index in [0.717, 1.165) is 10.8 Å². The number of hydrogen-bond donors (Lipinski definition) is 3. The van der Waals surface area contributed by atoms with Crippen LogP contribution in [0.1, 0.15) is 72.8 Å². The molecule has 0 radical (unpaired) electrons. The van der Waals surface area contributed by atoms with Gasteiger partial charge >= 0.3 is 7.82 Å². The number of hydrogen-bond acceptors (Lipinski definition) is 9. The Kier molecular flexibility index (Phi) is 6.85. The summed E-state index contributed by atoms with van der Waals surface area (Å²) in [5.74, 6) is -4.69. The fourth-order valence-electron chi connectivity index (χ4n) is 4.25. The highest BCUT2D eigenvalue weighted by Gasteiger charge is 2.57. The molecule has 0 bridgehead atoms. The van der Waals surface area contributed by atoms with Crippen LogP contribution in [0, 0.1) is 17.5 Å². The number of phosphoric acid groups is 1. The van der Waals surface area contributed by atoms with E-state index in [9.17, 15) is 19.6 Å². The van der Waals surface area contributed by atoms with Gasteiger partial charge in [0.25, 0.3) is 11.4 Å². The molecule has 0 amide bonds. The van der Waals surface area contributed by atoms with Crippen molar-refractivity contribution in [2.75, 3.05) is 6.56 Å². The normalized spacial score (nSPS) is 30.4. The van der Waals surface area contributed by atoms with Crippen molar-refractivity contribution >= 4 is 20.0 Å². The summed E-state index contributed by atoms with van der Waals surface area (Å²) in [6.07, 6.45) is -5.38. The van der Waals surface area contributed by atoms with Gasteiger partial charge in [-0.15, -0.1) is 0 Å². The molecule has 39 heavy (non-hydrogen) atoms. The number of rotatable bonds is 4. The number of aryl methyl sites for hydroxylation is 1. The minimum atomic E-state index is -5.03. The van der Waals surface area contributed by atoms with Crippen LogP contribution >= 0.6 is 20.0 Å². The molecular weight excluding hydrogens is 557 g/mol. The van der Waals surface area contributed by atoms with Crippen LogP contribution in [0.25, 0.3) is 0 Å². The zero-order valence-corrected chi connectivity index (χ0v) is 24.2. The summed E-state index contributed by atoms with van der Waals surface area (Å²) in [7, 11) is -5.03. The number of alkyl halides is 1. The summed E-state index contributed by atoms with van der Waals surface area (Å²) < 4.78 is 83.2. The Morgan fingerprint density at radius 1 is 1.28 bits per heavy atom. The topological polar surface area (TPSA) is 132 Å². The number of aliphatic hydroxyl groups is 2. The lowest BCUT2D eigenvalue weighted by Crippen LogP contribution is -2.43. The molecule has 14 heteroatoms. The van der Waals surface area contributed by atoms with Gasteiger partial charge in [0, 0.05) is 17.3 Å². The molecule has 4 rings (SSSR count). The van der Waals surface area contributed by atoms with Crippen molar-refractivity contribution in [3.63, 3.8) is 0 Å². The minimum Gasteiger partial charge on any atom is -0.403 e. The third kappa shape index (κ3) is 5.50. The smallest absolute Gasteiger partial charge is 0.403 e. The molecule has 216 valence electrons. The predicted molar refractivity (Wildman–Crippen MR) is 139 cm³/mol. The monoisotopic (exact) mass is 592 g/mol. The number of ether oxygens (including phenoxy) is 1. The van der Waals surface area contributed by atoms with Crippen LogP contribution in [0.15, 0.2) is 17.1 Å². The van der Waals surface area contributed by atoms with Crippen molar-refractivity contribution in [3.05, 3.63) is 55.5 Å². The Morgan fingerprint density at radius 2 is 1.90 bits per heavy atom. The summed E-state index contributed by atoms with van der Waals surface area (Å²) in [6.45, 7) is 7.84. The average Bonchev–Trinajstić information content (AvgIpc) is 3.04. The maximum Gasteiger partial charge on any atom is 0.530 e. The highest BCUT2D eigenvalue weighted by atomic mass is 32.1. The van der Waals surface area contributed by atoms with Crippen molar-refractivity contribution in [2.45, 2.75) is 90.2 Å². The summed E-state index contributed by atoms with van der Waals surface area (Å²) >= 11 is 5.04. The number of fused-ring (bicyclic) bond motifs is 1. The number of aromatic amines is 1.